The number of ether oxygens (including phenoxy) is 1. The van der Waals surface area contributed by atoms with E-state index in [9.17, 15) is 8.42 Å². The number of rotatable bonds is 5. The van der Waals surface area contributed by atoms with Gasteiger partial charge in [-0.15, -0.1) is 0 Å². The SMILES string of the molecule is COc1c(Cl)cc(/C=N/NS(=O)(=O)c2ccc(C)c(C)c2)cc1Cl. The number of nitrogens with one attached hydrogen (secondary N) is 1. The van der Waals surface area contributed by atoms with Crippen molar-refractivity contribution in [2.75, 3.05) is 7.11 Å². The molecule has 2 rings (SSSR count). The van der Waals surface area contributed by atoms with E-state index < -0.39 is 10.0 Å². The van der Waals surface area contributed by atoms with Gasteiger partial charge in [0.2, 0.25) is 0 Å². The third kappa shape index (κ3) is 4.20. The molecule has 0 saturated heterocycles. The number of benzene rings is 2. The van der Waals surface area contributed by atoms with Gasteiger partial charge in [-0.25, -0.2) is 4.83 Å². The molecule has 0 aliphatic carbocycles. The first kappa shape index (κ1) is 18.6. The minimum Gasteiger partial charge on any atom is -0.494 e. The number of nitrogens with zero attached hydrogens (tertiary/aromatic N) is 1. The summed E-state index contributed by atoms with van der Waals surface area (Å²) < 4.78 is 29.5. The van der Waals surface area contributed by atoms with Gasteiger partial charge in [-0.3, -0.25) is 0 Å². The minimum absolute atomic E-state index is 0.147. The van der Waals surface area contributed by atoms with Crippen LogP contribution in [-0.2, 0) is 10.0 Å². The average molecular weight is 387 g/mol. The number of sulfonamides is 1. The average Bonchev–Trinajstić information content (AvgIpc) is 2.49. The predicted octanol–water partition coefficient (Wildman–Crippen LogP) is 3.93. The van der Waals surface area contributed by atoms with Gasteiger partial charge in [0.25, 0.3) is 10.0 Å². The summed E-state index contributed by atoms with van der Waals surface area (Å²) in [5.74, 6) is 0.353. The van der Waals surface area contributed by atoms with Crippen LogP contribution in [0.5, 0.6) is 5.75 Å². The maximum absolute atomic E-state index is 12.2. The van der Waals surface area contributed by atoms with Gasteiger partial charge in [-0.1, -0.05) is 29.3 Å². The second-order valence-electron chi connectivity index (χ2n) is 5.12. The summed E-state index contributed by atoms with van der Waals surface area (Å²) in [5.41, 5.74) is 2.43. The lowest BCUT2D eigenvalue weighted by Crippen LogP contribution is -2.18. The highest BCUT2D eigenvalue weighted by atomic mass is 35.5. The van der Waals surface area contributed by atoms with E-state index in [1.807, 2.05) is 13.8 Å². The van der Waals surface area contributed by atoms with E-state index >= 15 is 0 Å². The molecular formula is C16H16Cl2N2O3S. The van der Waals surface area contributed by atoms with E-state index in [-0.39, 0.29) is 4.90 Å². The van der Waals surface area contributed by atoms with Gasteiger partial charge in [0.1, 0.15) is 0 Å². The quantitative estimate of drug-likeness (QED) is 0.624. The topological polar surface area (TPSA) is 67.8 Å². The predicted molar refractivity (Wildman–Crippen MR) is 96.8 cm³/mol. The van der Waals surface area contributed by atoms with E-state index in [0.717, 1.165) is 11.1 Å². The Morgan fingerprint density at radius 1 is 1.08 bits per heavy atom. The molecule has 0 bridgehead atoms. The van der Waals surface area contributed by atoms with Crippen molar-refractivity contribution in [1.82, 2.24) is 4.83 Å². The van der Waals surface area contributed by atoms with E-state index in [0.29, 0.717) is 21.4 Å². The van der Waals surface area contributed by atoms with Crippen molar-refractivity contribution in [1.29, 1.82) is 0 Å². The molecule has 8 heteroatoms. The summed E-state index contributed by atoms with van der Waals surface area (Å²) in [4.78, 5) is 2.31. The van der Waals surface area contributed by atoms with E-state index in [1.54, 1.807) is 24.3 Å². The Hall–Kier alpha value is -1.76. The number of hydrogen-bond acceptors (Lipinski definition) is 4. The summed E-state index contributed by atoms with van der Waals surface area (Å²) in [5, 5.41) is 4.38. The van der Waals surface area contributed by atoms with Crippen molar-refractivity contribution in [3.63, 3.8) is 0 Å². The molecule has 0 aliphatic heterocycles. The first-order valence-corrected chi connectivity index (χ1v) is 9.13. The van der Waals surface area contributed by atoms with Gasteiger partial charge in [0.05, 0.1) is 28.3 Å². The van der Waals surface area contributed by atoms with Crippen LogP contribution in [0.3, 0.4) is 0 Å². The fraction of sp³-hybridized carbons (Fsp3) is 0.188. The lowest BCUT2D eigenvalue weighted by molar-refractivity contribution is 0.415. The van der Waals surface area contributed by atoms with Gasteiger partial charge >= 0.3 is 0 Å². The van der Waals surface area contributed by atoms with Crippen LogP contribution in [-0.4, -0.2) is 21.7 Å². The van der Waals surface area contributed by atoms with E-state index in [2.05, 4.69) is 9.93 Å². The fourth-order valence-corrected chi connectivity index (χ4v) is 3.49. The lowest BCUT2D eigenvalue weighted by Gasteiger charge is -2.07. The molecule has 128 valence electrons. The third-order valence-electron chi connectivity index (χ3n) is 3.40. The number of methoxy groups -OCH3 is 1. The molecule has 5 nitrogen and oxygen atoms in total. The Morgan fingerprint density at radius 3 is 2.25 bits per heavy atom. The van der Waals surface area contributed by atoms with Crippen LogP contribution in [0.2, 0.25) is 10.0 Å². The number of hydrogen-bond donors (Lipinski definition) is 1. The molecule has 0 heterocycles. The Morgan fingerprint density at radius 2 is 1.71 bits per heavy atom. The molecule has 2 aromatic rings. The van der Waals surface area contributed by atoms with Crippen LogP contribution in [0.4, 0.5) is 0 Å². The second-order valence-corrected chi connectivity index (χ2v) is 7.59. The number of halogens is 2. The fourth-order valence-electron chi connectivity index (χ4n) is 1.95. The summed E-state index contributed by atoms with van der Waals surface area (Å²) in [7, 11) is -2.28. The van der Waals surface area contributed by atoms with Crippen LogP contribution in [0.1, 0.15) is 16.7 Å². The smallest absolute Gasteiger partial charge is 0.276 e. The maximum atomic E-state index is 12.2. The molecule has 0 atom stereocenters. The molecule has 1 N–H and O–H groups in total. The molecule has 0 saturated carbocycles. The molecule has 0 spiro atoms. The van der Waals surface area contributed by atoms with Crippen molar-refractivity contribution in [3.05, 3.63) is 57.1 Å². The van der Waals surface area contributed by atoms with Gasteiger partial charge in [-0.05, 0) is 54.8 Å². The van der Waals surface area contributed by atoms with Crippen LogP contribution in [0.25, 0.3) is 0 Å². The molecule has 0 amide bonds. The highest BCUT2D eigenvalue weighted by Crippen LogP contribution is 2.33. The summed E-state index contributed by atoms with van der Waals surface area (Å²) >= 11 is 12.0. The molecule has 24 heavy (non-hydrogen) atoms. The molecule has 0 radical (unpaired) electrons. The van der Waals surface area contributed by atoms with E-state index in [4.69, 9.17) is 27.9 Å². The van der Waals surface area contributed by atoms with Crippen LogP contribution >= 0.6 is 23.2 Å². The van der Waals surface area contributed by atoms with Gasteiger partial charge < -0.3 is 4.74 Å². The number of hydrazone groups is 1. The summed E-state index contributed by atoms with van der Waals surface area (Å²) in [6, 6.07) is 8.01. The van der Waals surface area contributed by atoms with Crippen LogP contribution in [0, 0.1) is 13.8 Å². The molecule has 0 fully saturated rings. The van der Waals surface area contributed by atoms with Crippen molar-refractivity contribution in [2.24, 2.45) is 5.10 Å². The first-order chi connectivity index (χ1) is 11.2. The Labute approximate surface area is 151 Å². The standard InChI is InChI=1S/C16H16Cl2N2O3S/c1-10-4-5-13(6-11(10)2)24(21,22)20-19-9-12-7-14(17)16(23-3)15(18)8-12/h4-9,20H,1-3H3/b19-9+. The zero-order chi connectivity index (χ0) is 17.9. The largest absolute Gasteiger partial charge is 0.494 e. The first-order valence-electron chi connectivity index (χ1n) is 6.90. The molecule has 0 aromatic heterocycles. The Kier molecular flexibility index (Phi) is 5.74. The van der Waals surface area contributed by atoms with Gasteiger partial charge in [0.15, 0.2) is 5.75 Å². The zero-order valence-electron chi connectivity index (χ0n) is 13.3. The highest BCUT2D eigenvalue weighted by Gasteiger charge is 2.13. The normalized spacial score (nSPS) is 11.7. The summed E-state index contributed by atoms with van der Waals surface area (Å²) in [6.45, 7) is 3.76. The third-order valence-corrected chi connectivity index (χ3v) is 5.18. The zero-order valence-corrected chi connectivity index (χ0v) is 15.6. The Bertz CT molecular complexity index is 873. The minimum atomic E-state index is -3.74. The monoisotopic (exact) mass is 386 g/mol. The highest BCUT2D eigenvalue weighted by molar-refractivity contribution is 7.89. The molecular weight excluding hydrogens is 371 g/mol. The summed E-state index contributed by atoms with van der Waals surface area (Å²) in [6.07, 6.45) is 1.32. The van der Waals surface area contributed by atoms with Gasteiger partial charge in [0, 0.05) is 0 Å². The van der Waals surface area contributed by atoms with Crippen molar-refractivity contribution >= 4 is 39.4 Å². The van der Waals surface area contributed by atoms with Crippen LogP contribution < -0.4 is 9.57 Å². The molecule has 0 aliphatic rings. The van der Waals surface area contributed by atoms with Crippen molar-refractivity contribution in [3.8, 4) is 5.75 Å². The number of aryl methyl sites for hydroxylation is 2. The van der Waals surface area contributed by atoms with Crippen molar-refractivity contribution in [2.45, 2.75) is 18.7 Å². The van der Waals surface area contributed by atoms with Crippen molar-refractivity contribution < 1.29 is 13.2 Å². The van der Waals surface area contributed by atoms with E-state index in [1.165, 1.54) is 19.4 Å². The lowest BCUT2D eigenvalue weighted by atomic mass is 10.1. The second kappa shape index (κ2) is 7.42. The Balaban J connectivity index is 2.20. The molecule has 2 aromatic carbocycles. The maximum Gasteiger partial charge on any atom is 0.276 e. The molecule has 0 unspecified atom stereocenters. The van der Waals surface area contributed by atoms with Gasteiger partial charge in [-0.2, -0.15) is 13.5 Å². The van der Waals surface area contributed by atoms with Crippen LogP contribution in [0.15, 0.2) is 40.3 Å².